The molecule has 2 atom stereocenters. The van der Waals surface area contributed by atoms with Gasteiger partial charge in [0.05, 0.1) is 0 Å². The molecule has 1 aliphatic carbocycles. The Morgan fingerprint density at radius 1 is 1.53 bits per heavy atom. The molecule has 0 radical (unpaired) electrons. The smallest absolute Gasteiger partial charge is 0.245 e. The van der Waals surface area contributed by atoms with E-state index in [-0.39, 0.29) is 10.7 Å². The second-order valence-electron chi connectivity index (χ2n) is 5.37. The van der Waals surface area contributed by atoms with Crippen LogP contribution >= 0.6 is 0 Å². The standard InChI is InChI=1S/C12H22N4O2S/c1-3-16-8-11(12(13)15-16)19(17,18)14-7-10-5-4-9(2)6-10/h8-10,14H,3-7H2,1-2H3,(H2,13,15). The Morgan fingerprint density at radius 3 is 2.79 bits per heavy atom. The largest absolute Gasteiger partial charge is 0.381 e. The maximum atomic E-state index is 12.2. The van der Waals surface area contributed by atoms with E-state index in [1.165, 1.54) is 17.3 Å². The highest BCUT2D eigenvalue weighted by atomic mass is 32.2. The molecular weight excluding hydrogens is 264 g/mol. The number of aryl methyl sites for hydroxylation is 1. The summed E-state index contributed by atoms with van der Waals surface area (Å²) in [4.78, 5) is 0.0837. The quantitative estimate of drug-likeness (QED) is 0.851. The van der Waals surface area contributed by atoms with Crippen LogP contribution in [0.25, 0.3) is 0 Å². The van der Waals surface area contributed by atoms with E-state index in [1.807, 2.05) is 6.92 Å². The topological polar surface area (TPSA) is 90.0 Å². The predicted octanol–water partition coefficient (Wildman–Crippen LogP) is 1.20. The number of nitrogens with two attached hydrogens (primary N) is 1. The fourth-order valence-corrected chi connectivity index (χ4v) is 3.79. The van der Waals surface area contributed by atoms with Gasteiger partial charge in [0.25, 0.3) is 0 Å². The van der Waals surface area contributed by atoms with Crippen LogP contribution in [0.3, 0.4) is 0 Å². The van der Waals surface area contributed by atoms with Gasteiger partial charge in [0.1, 0.15) is 4.90 Å². The molecule has 1 aromatic rings. The zero-order chi connectivity index (χ0) is 14.0. The molecule has 0 bridgehead atoms. The van der Waals surface area contributed by atoms with Crippen molar-refractivity contribution in [1.82, 2.24) is 14.5 Å². The summed E-state index contributed by atoms with van der Waals surface area (Å²) >= 11 is 0. The number of hydrogen-bond donors (Lipinski definition) is 2. The van der Waals surface area contributed by atoms with Crippen molar-refractivity contribution in [3.63, 3.8) is 0 Å². The van der Waals surface area contributed by atoms with Crippen molar-refractivity contribution in [2.24, 2.45) is 11.8 Å². The van der Waals surface area contributed by atoms with Gasteiger partial charge < -0.3 is 5.73 Å². The van der Waals surface area contributed by atoms with Gasteiger partial charge in [-0.25, -0.2) is 13.1 Å². The lowest BCUT2D eigenvalue weighted by Crippen LogP contribution is -2.29. The molecule has 0 saturated heterocycles. The number of nitrogens with one attached hydrogen (secondary N) is 1. The lowest BCUT2D eigenvalue weighted by Gasteiger charge is -2.11. The first-order chi connectivity index (χ1) is 8.92. The van der Waals surface area contributed by atoms with Gasteiger partial charge in [0, 0.05) is 19.3 Å². The van der Waals surface area contributed by atoms with Crippen LogP contribution in [0.15, 0.2) is 11.1 Å². The fourth-order valence-electron chi connectivity index (χ4n) is 2.60. The van der Waals surface area contributed by atoms with Gasteiger partial charge in [-0.05, 0) is 31.6 Å². The number of sulfonamides is 1. The van der Waals surface area contributed by atoms with Gasteiger partial charge in [-0.2, -0.15) is 5.10 Å². The zero-order valence-electron chi connectivity index (χ0n) is 11.5. The summed E-state index contributed by atoms with van der Waals surface area (Å²) in [6.45, 7) is 5.18. The lowest BCUT2D eigenvalue weighted by atomic mass is 10.1. The van der Waals surface area contributed by atoms with Crippen LogP contribution in [0.5, 0.6) is 0 Å². The first-order valence-corrected chi connectivity index (χ1v) is 8.23. The van der Waals surface area contributed by atoms with E-state index in [1.54, 1.807) is 0 Å². The first-order valence-electron chi connectivity index (χ1n) is 6.75. The van der Waals surface area contributed by atoms with E-state index in [0.717, 1.165) is 12.8 Å². The summed E-state index contributed by atoms with van der Waals surface area (Å²) in [5.74, 6) is 1.20. The Balaban J connectivity index is 2.03. The number of aromatic nitrogens is 2. The number of anilines is 1. The number of hydrogen-bond acceptors (Lipinski definition) is 4. The molecular formula is C12H22N4O2S. The van der Waals surface area contributed by atoms with Crippen LogP contribution in [0.2, 0.25) is 0 Å². The Bertz CT molecular complexity index is 538. The van der Waals surface area contributed by atoms with Crippen LogP contribution in [0.1, 0.15) is 33.1 Å². The van der Waals surface area contributed by atoms with E-state index >= 15 is 0 Å². The van der Waals surface area contributed by atoms with Crippen molar-refractivity contribution >= 4 is 15.8 Å². The Labute approximate surface area is 114 Å². The molecule has 0 aliphatic heterocycles. The molecule has 0 aromatic carbocycles. The Morgan fingerprint density at radius 2 is 2.26 bits per heavy atom. The van der Waals surface area contributed by atoms with Crippen molar-refractivity contribution < 1.29 is 8.42 Å². The average Bonchev–Trinajstić information content (AvgIpc) is 2.93. The summed E-state index contributed by atoms with van der Waals surface area (Å²) in [6.07, 6.45) is 4.84. The van der Waals surface area contributed by atoms with Crippen molar-refractivity contribution in [3.8, 4) is 0 Å². The van der Waals surface area contributed by atoms with Crippen molar-refractivity contribution in [1.29, 1.82) is 0 Å². The number of nitrogens with zero attached hydrogens (tertiary/aromatic N) is 2. The molecule has 0 amide bonds. The van der Waals surface area contributed by atoms with Crippen LogP contribution < -0.4 is 10.5 Å². The maximum Gasteiger partial charge on any atom is 0.245 e. The summed E-state index contributed by atoms with van der Waals surface area (Å²) in [5.41, 5.74) is 5.66. The van der Waals surface area contributed by atoms with Crippen LogP contribution in [-0.4, -0.2) is 24.7 Å². The molecule has 6 nitrogen and oxygen atoms in total. The van der Waals surface area contributed by atoms with Crippen molar-refractivity contribution in [3.05, 3.63) is 6.20 Å². The molecule has 2 unspecified atom stereocenters. The van der Waals surface area contributed by atoms with Gasteiger partial charge in [-0.1, -0.05) is 13.3 Å². The van der Waals surface area contributed by atoms with E-state index < -0.39 is 10.0 Å². The third-order valence-electron chi connectivity index (χ3n) is 3.73. The molecule has 2 rings (SSSR count). The molecule has 1 heterocycles. The monoisotopic (exact) mass is 286 g/mol. The number of rotatable bonds is 5. The lowest BCUT2D eigenvalue weighted by molar-refractivity contribution is 0.498. The van der Waals surface area contributed by atoms with E-state index in [9.17, 15) is 8.42 Å². The SMILES string of the molecule is CCn1cc(S(=O)(=O)NCC2CCC(C)C2)c(N)n1. The van der Waals surface area contributed by atoms with Crippen LogP contribution in [0.4, 0.5) is 5.82 Å². The van der Waals surface area contributed by atoms with Crippen LogP contribution in [0, 0.1) is 11.8 Å². The minimum absolute atomic E-state index is 0.0640. The zero-order valence-corrected chi connectivity index (χ0v) is 12.3. The molecule has 0 spiro atoms. The van der Waals surface area contributed by atoms with E-state index in [0.29, 0.717) is 24.9 Å². The first kappa shape index (κ1) is 14.3. The van der Waals surface area contributed by atoms with Crippen LogP contribution in [-0.2, 0) is 16.6 Å². The summed E-state index contributed by atoms with van der Waals surface area (Å²) in [6, 6.07) is 0. The Kier molecular flexibility index (Phi) is 4.15. The highest BCUT2D eigenvalue weighted by Crippen LogP contribution is 2.30. The van der Waals surface area contributed by atoms with E-state index in [4.69, 9.17) is 5.73 Å². The van der Waals surface area contributed by atoms with Gasteiger partial charge >= 0.3 is 0 Å². The molecule has 1 aliphatic rings. The van der Waals surface area contributed by atoms with Gasteiger partial charge in [-0.3, -0.25) is 4.68 Å². The molecule has 108 valence electrons. The third-order valence-corrected chi connectivity index (χ3v) is 5.17. The average molecular weight is 286 g/mol. The van der Waals surface area contributed by atoms with Gasteiger partial charge in [0.15, 0.2) is 5.82 Å². The maximum absolute atomic E-state index is 12.2. The van der Waals surface area contributed by atoms with E-state index in [2.05, 4.69) is 16.7 Å². The fraction of sp³-hybridized carbons (Fsp3) is 0.750. The summed E-state index contributed by atoms with van der Waals surface area (Å²) in [5, 5.41) is 3.96. The number of nitrogen functional groups attached to an aromatic ring is 1. The highest BCUT2D eigenvalue weighted by Gasteiger charge is 2.25. The molecule has 3 N–H and O–H groups in total. The van der Waals surface area contributed by atoms with Gasteiger partial charge in [-0.15, -0.1) is 0 Å². The normalized spacial score (nSPS) is 23.9. The highest BCUT2D eigenvalue weighted by molar-refractivity contribution is 7.89. The van der Waals surface area contributed by atoms with Crippen molar-refractivity contribution in [2.45, 2.75) is 44.6 Å². The molecule has 7 heteroatoms. The van der Waals surface area contributed by atoms with Crippen molar-refractivity contribution in [2.75, 3.05) is 12.3 Å². The predicted molar refractivity (Wildman–Crippen MR) is 74.0 cm³/mol. The molecule has 1 aromatic heterocycles. The minimum Gasteiger partial charge on any atom is -0.381 e. The third kappa shape index (κ3) is 3.27. The minimum atomic E-state index is -3.54. The second-order valence-corrected chi connectivity index (χ2v) is 7.11. The second kappa shape index (κ2) is 5.50. The molecule has 1 saturated carbocycles. The Hall–Kier alpha value is -1.08. The molecule has 19 heavy (non-hydrogen) atoms. The summed E-state index contributed by atoms with van der Waals surface area (Å²) in [7, 11) is -3.54. The van der Waals surface area contributed by atoms with Gasteiger partial charge in [0.2, 0.25) is 10.0 Å². The summed E-state index contributed by atoms with van der Waals surface area (Å²) < 4.78 is 28.5. The molecule has 1 fully saturated rings.